The van der Waals surface area contributed by atoms with Crippen molar-refractivity contribution in [2.24, 2.45) is 0 Å². The molecule has 6 heteroatoms. The first kappa shape index (κ1) is 15.2. The topological polar surface area (TPSA) is 86.9 Å². The van der Waals surface area contributed by atoms with Gasteiger partial charge in [0, 0.05) is 20.1 Å². The number of rotatable bonds is 2. The molecule has 21 heavy (non-hydrogen) atoms. The van der Waals surface area contributed by atoms with E-state index in [1.807, 2.05) is 4.90 Å². The van der Waals surface area contributed by atoms with Crippen molar-refractivity contribution in [2.75, 3.05) is 30.8 Å². The lowest BCUT2D eigenvalue weighted by atomic mass is 10.1. The number of benzene rings is 1. The zero-order valence-electron chi connectivity index (χ0n) is 12.2. The van der Waals surface area contributed by atoms with E-state index in [0.29, 0.717) is 11.4 Å². The van der Waals surface area contributed by atoms with E-state index in [-0.39, 0.29) is 11.6 Å². The molecule has 114 valence electrons. The minimum absolute atomic E-state index is 0.0910. The van der Waals surface area contributed by atoms with Gasteiger partial charge in [0.1, 0.15) is 0 Å². The normalized spacial score (nSPS) is 15.4. The van der Waals surface area contributed by atoms with Crippen molar-refractivity contribution in [1.29, 1.82) is 0 Å². The van der Waals surface area contributed by atoms with E-state index >= 15 is 0 Å². The lowest BCUT2D eigenvalue weighted by molar-refractivity contribution is 0.0697. The Morgan fingerprint density at radius 2 is 1.81 bits per heavy atom. The Labute approximate surface area is 124 Å². The van der Waals surface area contributed by atoms with E-state index in [0.717, 1.165) is 38.8 Å². The molecule has 1 fully saturated rings. The van der Waals surface area contributed by atoms with E-state index in [1.165, 1.54) is 17.0 Å². The molecule has 1 aromatic rings. The molecule has 0 bridgehead atoms. The summed E-state index contributed by atoms with van der Waals surface area (Å²) in [6.45, 7) is 1.52. The van der Waals surface area contributed by atoms with E-state index in [1.54, 1.807) is 13.1 Å². The summed E-state index contributed by atoms with van der Waals surface area (Å²) in [5, 5.41) is 8.94. The first-order chi connectivity index (χ1) is 10.0. The smallest absolute Gasteiger partial charge is 0.335 e. The standard InChI is InChI=1S/C15H21N3O3/c1-17(15(21)18-8-4-2-3-5-9-18)13-7-6-11(14(19)20)10-12(13)16/h6-7,10H,2-5,8-9,16H2,1H3,(H,19,20). The highest BCUT2D eigenvalue weighted by atomic mass is 16.4. The minimum atomic E-state index is -1.03. The Hall–Kier alpha value is -2.24. The quantitative estimate of drug-likeness (QED) is 0.819. The second kappa shape index (κ2) is 6.47. The zero-order valence-corrected chi connectivity index (χ0v) is 12.2. The first-order valence-electron chi connectivity index (χ1n) is 7.16. The third-order valence-corrected chi connectivity index (χ3v) is 3.80. The molecule has 1 saturated heterocycles. The molecular weight excluding hydrogens is 270 g/mol. The molecule has 0 radical (unpaired) electrons. The van der Waals surface area contributed by atoms with Crippen LogP contribution in [-0.2, 0) is 0 Å². The van der Waals surface area contributed by atoms with Crippen LogP contribution in [0.25, 0.3) is 0 Å². The Kier molecular flexibility index (Phi) is 4.67. The molecular formula is C15H21N3O3. The van der Waals surface area contributed by atoms with Crippen molar-refractivity contribution in [1.82, 2.24) is 4.90 Å². The van der Waals surface area contributed by atoms with E-state index in [4.69, 9.17) is 10.8 Å². The summed E-state index contributed by atoms with van der Waals surface area (Å²) in [7, 11) is 1.67. The van der Waals surface area contributed by atoms with Crippen LogP contribution in [0, 0.1) is 0 Å². The summed E-state index contributed by atoms with van der Waals surface area (Å²) in [5.41, 5.74) is 6.83. The number of nitrogens with two attached hydrogens (primary N) is 1. The molecule has 3 N–H and O–H groups in total. The Morgan fingerprint density at radius 3 is 2.33 bits per heavy atom. The predicted octanol–water partition coefficient (Wildman–Crippen LogP) is 2.40. The van der Waals surface area contributed by atoms with Crippen LogP contribution in [0.3, 0.4) is 0 Å². The summed E-state index contributed by atoms with van der Waals surface area (Å²) < 4.78 is 0. The highest BCUT2D eigenvalue weighted by Gasteiger charge is 2.21. The molecule has 0 unspecified atom stereocenters. The van der Waals surface area contributed by atoms with Crippen molar-refractivity contribution < 1.29 is 14.7 Å². The molecule has 0 aliphatic carbocycles. The lowest BCUT2D eigenvalue weighted by Crippen LogP contribution is -2.42. The van der Waals surface area contributed by atoms with Gasteiger partial charge in [0.05, 0.1) is 16.9 Å². The number of carboxylic acids is 1. The van der Waals surface area contributed by atoms with E-state index in [2.05, 4.69) is 0 Å². The zero-order chi connectivity index (χ0) is 15.4. The first-order valence-corrected chi connectivity index (χ1v) is 7.16. The largest absolute Gasteiger partial charge is 0.478 e. The Balaban J connectivity index is 2.16. The van der Waals surface area contributed by atoms with Crippen LogP contribution in [-0.4, -0.2) is 42.1 Å². The SMILES string of the molecule is CN(C(=O)N1CCCCCC1)c1ccc(C(=O)O)cc1N. The highest BCUT2D eigenvalue weighted by Crippen LogP contribution is 2.25. The molecule has 1 heterocycles. The highest BCUT2D eigenvalue weighted by molar-refractivity contribution is 5.97. The number of carboxylic acid groups (broad SMARTS) is 1. The van der Waals surface area contributed by atoms with Gasteiger partial charge < -0.3 is 15.7 Å². The van der Waals surface area contributed by atoms with Crippen molar-refractivity contribution >= 4 is 23.4 Å². The second-order valence-corrected chi connectivity index (χ2v) is 5.32. The van der Waals surface area contributed by atoms with Crippen LogP contribution in [0.4, 0.5) is 16.2 Å². The fourth-order valence-corrected chi connectivity index (χ4v) is 2.57. The van der Waals surface area contributed by atoms with E-state index < -0.39 is 5.97 Å². The molecule has 1 aliphatic heterocycles. The second-order valence-electron chi connectivity index (χ2n) is 5.32. The van der Waals surface area contributed by atoms with E-state index in [9.17, 15) is 9.59 Å². The van der Waals surface area contributed by atoms with Gasteiger partial charge in [-0.1, -0.05) is 12.8 Å². The molecule has 6 nitrogen and oxygen atoms in total. The van der Waals surface area contributed by atoms with Crippen molar-refractivity contribution in [3.8, 4) is 0 Å². The number of anilines is 2. The van der Waals surface area contributed by atoms with Crippen LogP contribution < -0.4 is 10.6 Å². The van der Waals surface area contributed by atoms with Gasteiger partial charge in [0.25, 0.3) is 0 Å². The number of nitrogen functional groups attached to an aromatic ring is 1. The molecule has 0 atom stereocenters. The number of urea groups is 1. The maximum absolute atomic E-state index is 12.5. The summed E-state index contributed by atoms with van der Waals surface area (Å²) >= 11 is 0. The molecule has 2 amide bonds. The number of nitrogens with zero attached hydrogens (tertiary/aromatic N) is 2. The average molecular weight is 291 g/mol. The Morgan fingerprint density at radius 1 is 1.19 bits per heavy atom. The molecule has 0 spiro atoms. The van der Waals surface area contributed by atoms with Gasteiger partial charge in [-0.25, -0.2) is 9.59 Å². The summed E-state index contributed by atoms with van der Waals surface area (Å²) in [6, 6.07) is 4.32. The monoisotopic (exact) mass is 291 g/mol. The van der Waals surface area contributed by atoms with Crippen molar-refractivity contribution in [2.45, 2.75) is 25.7 Å². The molecule has 1 aromatic carbocycles. The maximum atomic E-state index is 12.5. The Bertz CT molecular complexity index is 537. The van der Waals surface area contributed by atoms with Gasteiger partial charge in [-0.2, -0.15) is 0 Å². The fourth-order valence-electron chi connectivity index (χ4n) is 2.57. The van der Waals surface area contributed by atoms with Gasteiger partial charge >= 0.3 is 12.0 Å². The maximum Gasteiger partial charge on any atom is 0.335 e. The third kappa shape index (κ3) is 3.45. The van der Waals surface area contributed by atoms with Gasteiger partial charge in [0.2, 0.25) is 0 Å². The van der Waals surface area contributed by atoms with Crippen molar-refractivity contribution in [3.05, 3.63) is 23.8 Å². The number of carbonyl (C=O) groups excluding carboxylic acids is 1. The van der Waals surface area contributed by atoms with Gasteiger partial charge in [-0.05, 0) is 31.0 Å². The van der Waals surface area contributed by atoms with Gasteiger partial charge in [-0.3, -0.25) is 4.90 Å². The van der Waals surface area contributed by atoms with Gasteiger partial charge in [-0.15, -0.1) is 0 Å². The van der Waals surface area contributed by atoms with Crippen LogP contribution in [0.15, 0.2) is 18.2 Å². The van der Waals surface area contributed by atoms with Crippen LogP contribution in [0.2, 0.25) is 0 Å². The summed E-state index contributed by atoms with van der Waals surface area (Å²) in [5.74, 6) is -1.03. The number of hydrogen-bond acceptors (Lipinski definition) is 3. The van der Waals surface area contributed by atoms with Crippen molar-refractivity contribution in [3.63, 3.8) is 0 Å². The lowest BCUT2D eigenvalue weighted by Gasteiger charge is -2.28. The molecule has 0 saturated carbocycles. The number of hydrogen-bond donors (Lipinski definition) is 2. The molecule has 0 aromatic heterocycles. The van der Waals surface area contributed by atoms with Crippen LogP contribution in [0.1, 0.15) is 36.0 Å². The number of likely N-dealkylation sites (tertiary alicyclic amines) is 1. The predicted molar refractivity (Wildman–Crippen MR) is 81.7 cm³/mol. The average Bonchev–Trinajstić information content (AvgIpc) is 2.74. The number of amides is 2. The minimum Gasteiger partial charge on any atom is -0.478 e. The summed E-state index contributed by atoms with van der Waals surface area (Å²) in [4.78, 5) is 26.7. The van der Waals surface area contributed by atoms with Crippen LogP contribution >= 0.6 is 0 Å². The number of carbonyl (C=O) groups is 2. The third-order valence-electron chi connectivity index (χ3n) is 3.80. The molecule has 2 rings (SSSR count). The summed E-state index contributed by atoms with van der Waals surface area (Å²) in [6.07, 6.45) is 4.35. The molecule has 1 aliphatic rings. The fraction of sp³-hybridized carbons (Fsp3) is 0.467. The number of aromatic carboxylic acids is 1. The van der Waals surface area contributed by atoms with Crippen LogP contribution in [0.5, 0.6) is 0 Å². The van der Waals surface area contributed by atoms with Gasteiger partial charge in [0.15, 0.2) is 0 Å².